The normalized spacial score (nSPS) is 16.5. The molecule has 3 aromatic rings. The maximum absolute atomic E-state index is 13.8. The number of carbonyl (C=O) groups is 3. The number of fused-ring (bicyclic) bond motifs is 1. The Labute approximate surface area is 244 Å². The van der Waals surface area contributed by atoms with Gasteiger partial charge >= 0.3 is 0 Å². The lowest BCUT2D eigenvalue weighted by molar-refractivity contribution is -0.138. The van der Waals surface area contributed by atoms with E-state index in [0.717, 1.165) is 24.6 Å². The summed E-state index contributed by atoms with van der Waals surface area (Å²) in [6.07, 6.45) is 5.67. The zero-order chi connectivity index (χ0) is 30.4. The number of benzene rings is 1. The Kier molecular flexibility index (Phi) is 10.2. The first-order valence-corrected chi connectivity index (χ1v) is 14.4. The molecule has 12 heteroatoms. The average Bonchev–Trinajstić information content (AvgIpc) is 3.61. The van der Waals surface area contributed by atoms with Crippen LogP contribution in [0.25, 0.3) is 5.78 Å². The van der Waals surface area contributed by atoms with Gasteiger partial charge in [0.1, 0.15) is 11.5 Å². The number of nitrogens with one attached hydrogen (secondary N) is 2. The zero-order valence-corrected chi connectivity index (χ0v) is 24.5. The van der Waals surface area contributed by atoms with Crippen molar-refractivity contribution in [2.75, 3.05) is 33.2 Å². The predicted molar refractivity (Wildman–Crippen MR) is 154 cm³/mol. The maximum atomic E-state index is 13.8. The quantitative estimate of drug-likeness (QED) is 0.339. The molecule has 226 valence electrons. The van der Waals surface area contributed by atoms with Crippen molar-refractivity contribution in [3.8, 4) is 0 Å². The summed E-state index contributed by atoms with van der Waals surface area (Å²) in [6.45, 7) is 7.04. The summed E-state index contributed by atoms with van der Waals surface area (Å²) in [5.41, 5.74) is 0.975. The largest absolute Gasteiger partial charge is 0.354 e. The van der Waals surface area contributed by atoms with Gasteiger partial charge < -0.3 is 20.4 Å². The van der Waals surface area contributed by atoms with Crippen LogP contribution in [0.1, 0.15) is 49.7 Å². The highest BCUT2D eigenvalue weighted by Crippen LogP contribution is 2.24. The van der Waals surface area contributed by atoms with Gasteiger partial charge in [0, 0.05) is 44.6 Å². The van der Waals surface area contributed by atoms with Gasteiger partial charge in [-0.15, -0.1) is 0 Å². The molecule has 1 aromatic carbocycles. The highest BCUT2D eigenvalue weighted by molar-refractivity contribution is 5.93. The molecule has 1 aliphatic heterocycles. The molecule has 3 amide bonds. The van der Waals surface area contributed by atoms with Crippen LogP contribution >= 0.6 is 0 Å². The van der Waals surface area contributed by atoms with E-state index in [9.17, 15) is 23.2 Å². The number of likely N-dealkylation sites (N-methyl/N-ethyl adjacent to an activating group) is 1. The number of amides is 3. The van der Waals surface area contributed by atoms with E-state index in [1.54, 1.807) is 31.0 Å². The second-order valence-corrected chi connectivity index (χ2v) is 11.2. The molecule has 0 radical (unpaired) electrons. The molecule has 3 atom stereocenters. The van der Waals surface area contributed by atoms with E-state index in [0.29, 0.717) is 19.5 Å². The van der Waals surface area contributed by atoms with Crippen LogP contribution in [0.15, 0.2) is 42.9 Å². The van der Waals surface area contributed by atoms with Crippen molar-refractivity contribution in [3.63, 3.8) is 0 Å². The molecule has 0 unspecified atom stereocenters. The molecule has 0 saturated carbocycles. The fraction of sp³-hybridized carbons (Fsp3) is 0.500. The van der Waals surface area contributed by atoms with Gasteiger partial charge in [0.25, 0.3) is 5.91 Å². The molecule has 0 bridgehead atoms. The van der Waals surface area contributed by atoms with Gasteiger partial charge in [-0.25, -0.2) is 18.7 Å². The molecular formula is C30H39F2N7O3. The van der Waals surface area contributed by atoms with Crippen LogP contribution in [-0.2, 0) is 16.0 Å². The van der Waals surface area contributed by atoms with Crippen LogP contribution in [0.5, 0.6) is 0 Å². The zero-order valence-electron chi connectivity index (χ0n) is 24.5. The molecule has 3 heterocycles. The van der Waals surface area contributed by atoms with E-state index in [4.69, 9.17) is 0 Å². The summed E-state index contributed by atoms with van der Waals surface area (Å²) < 4.78 is 28.5. The fourth-order valence-electron chi connectivity index (χ4n) is 5.20. The van der Waals surface area contributed by atoms with Crippen molar-refractivity contribution in [2.24, 2.45) is 11.8 Å². The number of hydrogen-bond acceptors (Lipinski definition) is 6. The number of imidazole rings is 1. The van der Waals surface area contributed by atoms with Crippen LogP contribution < -0.4 is 10.6 Å². The van der Waals surface area contributed by atoms with Crippen molar-refractivity contribution >= 4 is 23.5 Å². The van der Waals surface area contributed by atoms with Crippen LogP contribution in [-0.4, -0.2) is 87.2 Å². The summed E-state index contributed by atoms with van der Waals surface area (Å²) in [5.74, 6) is -1.71. The average molecular weight is 584 g/mol. The predicted octanol–water partition coefficient (Wildman–Crippen LogP) is 2.68. The Morgan fingerprint density at radius 1 is 1.10 bits per heavy atom. The molecule has 4 rings (SSSR count). The van der Waals surface area contributed by atoms with E-state index in [2.05, 4.69) is 20.6 Å². The molecule has 1 saturated heterocycles. The number of carbonyl (C=O) groups excluding carboxylic acids is 3. The number of nitrogens with zero attached hydrogens (tertiary/aromatic N) is 5. The number of likely N-dealkylation sites (tertiary alicyclic amines) is 1. The summed E-state index contributed by atoms with van der Waals surface area (Å²) in [4.78, 5) is 51.6. The summed E-state index contributed by atoms with van der Waals surface area (Å²) in [6, 6.07) is 5.51. The molecule has 0 aliphatic carbocycles. The van der Waals surface area contributed by atoms with Gasteiger partial charge in [0.2, 0.25) is 17.6 Å². The lowest BCUT2D eigenvalue weighted by Gasteiger charge is -2.34. The van der Waals surface area contributed by atoms with Crippen molar-refractivity contribution in [2.45, 2.75) is 52.1 Å². The van der Waals surface area contributed by atoms with E-state index < -0.39 is 11.7 Å². The van der Waals surface area contributed by atoms with Crippen molar-refractivity contribution in [1.29, 1.82) is 0 Å². The Morgan fingerprint density at radius 2 is 1.83 bits per heavy atom. The molecule has 0 spiro atoms. The number of aromatic nitrogens is 3. The SMILES string of the molecule is CN[C@@H](C)C(=O)NC[C@@H](C(=O)N1CCC[C@H]1CN(CCc1ccc(F)cc1)C(=O)c1cn2cc(F)cnc2n1)C(C)C. The first kappa shape index (κ1) is 31.0. The maximum Gasteiger partial charge on any atom is 0.274 e. The van der Waals surface area contributed by atoms with Gasteiger partial charge in [-0.05, 0) is 56.8 Å². The topological polar surface area (TPSA) is 112 Å². The second kappa shape index (κ2) is 13.8. The van der Waals surface area contributed by atoms with Crippen LogP contribution in [0, 0.1) is 23.5 Å². The van der Waals surface area contributed by atoms with Gasteiger partial charge in [0.15, 0.2) is 5.82 Å². The minimum absolute atomic E-state index is 0.00831. The summed E-state index contributed by atoms with van der Waals surface area (Å²) in [5, 5.41) is 5.79. The van der Waals surface area contributed by atoms with Crippen molar-refractivity contribution < 1.29 is 23.2 Å². The van der Waals surface area contributed by atoms with E-state index >= 15 is 0 Å². The van der Waals surface area contributed by atoms with Crippen molar-refractivity contribution in [3.05, 3.63) is 65.7 Å². The standard InChI is InChI=1S/C30H39F2N7O3/c1-19(2)25(15-34-27(40)20(3)33-4)28(41)39-12-5-6-24(39)17-37(13-11-21-7-9-22(31)10-8-21)29(42)26-18-38-16-23(32)14-35-30(38)36-26/h7-10,14,16,18-20,24-25,33H,5-6,11-13,15,17H2,1-4H3,(H,34,40)/t20-,24-,25+/m0/s1. The van der Waals surface area contributed by atoms with Gasteiger partial charge in [-0.1, -0.05) is 26.0 Å². The second-order valence-electron chi connectivity index (χ2n) is 11.2. The minimum Gasteiger partial charge on any atom is -0.354 e. The molecule has 1 aliphatic rings. The third-order valence-electron chi connectivity index (χ3n) is 7.90. The molecular weight excluding hydrogens is 544 g/mol. The lowest BCUT2D eigenvalue weighted by atomic mass is 9.93. The van der Waals surface area contributed by atoms with Crippen LogP contribution in [0.2, 0.25) is 0 Å². The Bertz CT molecular complexity index is 1400. The summed E-state index contributed by atoms with van der Waals surface area (Å²) in [7, 11) is 1.70. The molecule has 2 N–H and O–H groups in total. The number of halogens is 2. The van der Waals surface area contributed by atoms with Crippen LogP contribution in [0.3, 0.4) is 0 Å². The lowest BCUT2D eigenvalue weighted by Crippen LogP contribution is -2.51. The molecule has 2 aromatic heterocycles. The molecule has 42 heavy (non-hydrogen) atoms. The number of hydrogen-bond donors (Lipinski definition) is 2. The number of rotatable bonds is 12. The molecule has 10 nitrogen and oxygen atoms in total. The van der Waals surface area contributed by atoms with E-state index in [-0.39, 0.29) is 66.1 Å². The fourth-order valence-corrected chi connectivity index (χ4v) is 5.20. The molecule has 1 fully saturated rings. The highest BCUT2D eigenvalue weighted by Gasteiger charge is 2.36. The Morgan fingerprint density at radius 3 is 2.52 bits per heavy atom. The van der Waals surface area contributed by atoms with Gasteiger partial charge in [-0.3, -0.25) is 18.8 Å². The van der Waals surface area contributed by atoms with Gasteiger partial charge in [-0.2, -0.15) is 0 Å². The van der Waals surface area contributed by atoms with E-state index in [1.807, 2.05) is 18.7 Å². The van der Waals surface area contributed by atoms with Crippen LogP contribution in [0.4, 0.5) is 8.78 Å². The third kappa shape index (κ3) is 7.47. The monoisotopic (exact) mass is 583 g/mol. The smallest absolute Gasteiger partial charge is 0.274 e. The third-order valence-corrected chi connectivity index (χ3v) is 7.90. The Balaban J connectivity index is 1.53. The first-order valence-electron chi connectivity index (χ1n) is 14.4. The highest BCUT2D eigenvalue weighted by atomic mass is 19.1. The minimum atomic E-state index is -0.552. The first-order chi connectivity index (χ1) is 20.1. The van der Waals surface area contributed by atoms with Crippen molar-refractivity contribution in [1.82, 2.24) is 34.8 Å². The Hall–Kier alpha value is -3.93. The van der Waals surface area contributed by atoms with Gasteiger partial charge in [0.05, 0.1) is 18.2 Å². The van der Waals surface area contributed by atoms with E-state index in [1.165, 1.54) is 28.9 Å². The summed E-state index contributed by atoms with van der Waals surface area (Å²) >= 11 is 0.